The molecule has 2 aromatic rings. The Kier molecular flexibility index (Phi) is 4.48. The van der Waals surface area contributed by atoms with Crippen molar-refractivity contribution in [3.05, 3.63) is 70.8 Å². The van der Waals surface area contributed by atoms with Crippen LogP contribution in [-0.4, -0.2) is 46.4 Å². The molecule has 4 heteroatoms. The summed E-state index contributed by atoms with van der Waals surface area (Å²) in [4.78, 5) is 9.37. The van der Waals surface area contributed by atoms with Gasteiger partial charge in [-0.1, -0.05) is 55.0 Å². The number of aliphatic imine (C=N–C) groups is 1. The van der Waals surface area contributed by atoms with Gasteiger partial charge in [-0.15, -0.1) is 0 Å². The van der Waals surface area contributed by atoms with Gasteiger partial charge in [0, 0.05) is 36.7 Å². The maximum absolute atomic E-state index is 11.7. The summed E-state index contributed by atoms with van der Waals surface area (Å²) in [6, 6.07) is 17.6. The second-order valence-electron chi connectivity index (χ2n) is 8.52. The van der Waals surface area contributed by atoms with Crippen molar-refractivity contribution >= 4 is 5.84 Å². The molecule has 5 rings (SSSR count). The zero-order valence-corrected chi connectivity index (χ0v) is 16.6. The first-order chi connectivity index (χ1) is 13.6. The summed E-state index contributed by atoms with van der Waals surface area (Å²) in [6.07, 6.45) is 4.56. The Morgan fingerprint density at radius 2 is 1.89 bits per heavy atom. The van der Waals surface area contributed by atoms with E-state index in [-0.39, 0.29) is 0 Å². The third-order valence-corrected chi connectivity index (χ3v) is 6.73. The van der Waals surface area contributed by atoms with Gasteiger partial charge in [-0.25, -0.2) is 0 Å². The molecule has 2 unspecified atom stereocenters. The van der Waals surface area contributed by atoms with E-state index in [1.165, 1.54) is 42.5 Å². The number of piperidine rings is 1. The van der Waals surface area contributed by atoms with E-state index >= 15 is 0 Å². The molecule has 2 aromatic carbocycles. The molecule has 0 aromatic heterocycles. The largest absolute Gasteiger partial charge is 0.366 e. The Balaban J connectivity index is 1.42. The van der Waals surface area contributed by atoms with Gasteiger partial charge in [0.05, 0.1) is 6.54 Å². The highest BCUT2D eigenvalue weighted by molar-refractivity contribution is 6.02. The van der Waals surface area contributed by atoms with E-state index in [9.17, 15) is 5.11 Å². The first kappa shape index (κ1) is 17.9. The summed E-state index contributed by atoms with van der Waals surface area (Å²) in [6.45, 7) is 6.05. The molecule has 0 saturated carbocycles. The average Bonchev–Trinajstić information content (AvgIpc) is 3.22. The normalized spacial score (nSPS) is 27.3. The number of amidine groups is 1. The number of nitrogens with zero attached hydrogens (tertiary/aromatic N) is 3. The van der Waals surface area contributed by atoms with Crippen molar-refractivity contribution in [3.8, 4) is 0 Å². The molecule has 0 spiro atoms. The van der Waals surface area contributed by atoms with E-state index < -0.39 is 5.72 Å². The molecule has 3 heterocycles. The van der Waals surface area contributed by atoms with Crippen LogP contribution in [0.15, 0.2) is 53.5 Å². The lowest BCUT2D eigenvalue weighted by Crippen LogP contribution is -2.53. The molecular weight excluding hydrogens is 346 g/mol. The van der Waals surface area contributed by atoms with Crippen LogP contribution in [0.1, 0.15) is 48.4 Å². The SMILES string of the molecule is CC1CCCCN1Cc1ccc(C2(O)Cc3ccccc3C3=NCCN32)cc1. The lowest BCUT2D eigenvalue weighted by Gasteiger charge is -2.44. The molecule has 1 fully saturated rings. The van der Waals surface area contributed by atoms with Crippen molar-refractivity contribution in [2.24, 2.45) is 4.99 Å². The topological polar surface area (TPSA) is 39.1 Å². The molecule has 1 saturated heterocycles. The van der Waals surface area contributed by atoms with E-state index in [2.05, 4.69) is 59.2 Å². The van der Waals surface area contributed by atoms with Crippen molar-refractivity contribution in [1.82, 2.24) is 9.80 Å². The number of fused-ring (bicyclic) bond motifs is 3. The van der Waals surface area contributed by atoms with Crippen LogP contribution in [0.5, 0.6) is 0 Å². The molecule has 3 aliphatic heterocycles. The predicted molar refractivity (Wildman–Crippen MR) is 112 cm³/mol. The van der Waals surface area contributed by atoms with Crippen molar-refractivity contribution in [2.45, 2.75) is 50.9 Å². The van der Waals surface area contributed by atoms with E-state index in [0.717, 1.165) is 31.0 Å². The van der Waals surface area contributed by atoms with Crippen LogP contribution < -0.4 is 0 Å². The van der Waals surface area contributed by atoms with E-state index in [1.54, 1.807) is 0 Å². The van der Waals surface area contributed by atoms with Gasteiger partial charge in [0.15, 0.2) is 5.72 Å². The lowest BCUT2D eigenvalue weighted by molar-refractivity contribution is -0.0745. The highest BCUT2D eigenvalue weighted by Gasteiger charge is 2.44. The van der Waals surface area contributed by atoms with Crippen molar-refractivity contribution in [3.63, 3.8) is 0 Å². The van der Waals surface area contributed by atoms with Crippen LogP contribution in [0.25, 0.3) is 0 Å². The molecule has 28 heavy (non-hydrogen) atoms. The zero-order chi connectivity index (χ0) is 19.1. The van der Waals surface area contributed by atoms with Gasteiger partial charge in [-0.2, -0.15) is 0 Å². The molecule has 0 aliphatic carbocycles. The number of hydrogen-bond acceptors (Lipinski definition) is 4. The number of benzene rings is 2. The minimum absolute atomic E-state index is 0.602. The molecule has 0 radical (unpaired) electrons. The quantitative estimate of drug-likeness (QED) is 0.892. The highest BCUT2D eigenvalue weighted by Crippen LogP contribution is 2.38. The monoisotopic (exact) mass is 375 g/mol. The van der Waals surface area contributed by atoms with Crippen LogP contribution in [0.3, 0.4) is 0 Å². The fourth-order valence-electron chi connectivity index (χ4n) is 5.05. The van der Waals surface area contributed by atoms with Gasteiger partial charge in [0.2, 0.25) is 0 Å². The predicted octanol–water partition coefficient (Wildman–Crippen LogP) is 3.52. The molecule has 0 amide bonds. The summed E-state index contributed by atoms with van der Waals surface area (Å²) in [7, 11) is 0. The molecule has 0 bridgehead atoms. The summed E-state index contributed by atoms with van der Waals surface area (Å²) < 4.78 is 0. The Labute approximate surface area is 167 Å². The van der Waals surface area contributed by atoms with Crippen molar-refractivity contribution in [1.29, 1.82) is 0 Å². The second-order valence-corrected chi connectivity index (χ2v) is 8.52. The highest BCUT2D eigenvalue weighted by atomic mass is 16.3. The maximum Gasteiger partial charge on any atom is 0.169 e. The Morgan fingerprint density at radius 1 is 1.07 bits per heavy atom. The first-order valence-electron chi connectivity index (χ1n) is 10.6. The summed E-state index contributed by atoms with van der Waals surface area (Å²) >= 11 is 0. The summed E-state index contributed by atoms with van der Waals surface area (Å²) in [5, 5.41) is 11.7. The average molecular weight is 376 g/mol. The van der Waals surface area contributed by atoms with E-state index in [0.29, 0.717) is 12.5 Å². The Hall–Kier alpha value is -2.17. The van der Waals surface area contributed by atoms with Crippen LogP contribution in [0.2, 0.25) is 0 Å². The third kappa shape index (κ3) is 2.96. The molecule has 2 atom stereocenters. The molecule has 1 N–H and O–H groups in total. The van der Waals surface area contributed by atoms with Gasteiger partial charge in [-0.3, -0.25) is 9.89 Å². The molecule has 3 aliphatic rings. The lowest BCUT2D eigenvalue weighted by atomic mass is 9.86. The van der Waals surface area contributed by atoms with Crippen molar-refractivity contribution < 1.29 is 5.11 Å². The smallest absolute Gasteiger partial charge is 0.169 e. The van der Waals surface area contributed by atoms with Crippen molar-refractivity contribution in [2.75, 3.05) is 19.6 Å². The standard InChI is InChI=1S/C24H29N3O/c1-18-6-4-5-14-26(18)17-19-9-11-21(12-10-19)24(28)16-20-7-2-3-8-22(20)23-25-13-15-27(23)24/h2-3,7-12,18,28H,4-6,13-17H2,1H3. The van der Waals surface area contributed by atoms with E-state index in [1.807, 2.05) is 6.07 Å². The number of hydrogen-bond donors (Lipinski definition) is 1. The zero-order valence-electron chi connectivity index (χ0n) is 16.6. The summed E-state index contributed by atoms with van der Waals surface area (Å²) in [5.74, 6) is 0.940. The second kappa shape index (κ2) is 7.02. The molecule has 4 nitrogen and oxygen atoms in total. The van der Waals surface area contributed by atoms with Gasteiger partial charge < -0.3 is 10.0 Å². The molecule has 146 valence electrons. The number of rotatable bonds is 3. The summed E-state index contributed by atoms with van der Waals surface area (Å²) in [5.41, 5.74) is 3.62. The first-order valence-corrected chi connectivity index (χ1v) is 10.6. The van der Waals surface area contributed by atoms with Gasteiger partial charge in [0.25, 0.3) is 0 Å². The third-order valence-electron chi connectivity index (χ3n) is 6.73. The fourth-order valence-corrected chi connectivity index (χ4v) is 5.05. The van der Waals surface area contributed by atoms with Gasteiger partial charge in [-0.05, 0) is 37.4 Å². The minimum atomic E-state index is -1.01. The fraction of sp³-hybridized carbons (Fsp3) is 0.458. The van der Waals surface area contributed by atoms with Crippen LogP contribution in [0.4, 0.5) is 0 Å². The number of likely N-dealkylation sites (tertiary alicyclic amines) is 1. The Bertz CT molecular complexity index is 891. The Morgan fingerprint density at radius 3 is 2.71 bits per heavy atom. The van der Waals surface area contributed by atoms with E-state index in [4.69, 9.17) is 4.99 Å². The van der Waals surface area contributed by atoms with Crippen LogP contribution in [-0.2, 0) is 18.7 Å². The van der Waals surface area contributed by atoms with Crippen LogP contribution >= 0.6 is 0 Å². The van der Waals surface area contributed by atoms with Gasteiger partial charge in [0.1, 0.15) is 5.84 Å². The minimum Gasteiger partial charge on any atom is -0.366 e. The number of aliphatic hydroxyl groups is 1. The molecular formula is C24H29N3O. The van der Waals surface area contributed by atoms with Crippen LogP contribution in [0, 0.1) is 0 Å². The van der Waals surface area contributed by atoms with Gasteiger partial charge >= 0.3 is 0 Å². The maximum atomic E-state index is 11.7.